The topological polar surface area (TPSA) is 0 Å². The van der Waals surface area contributed by atoms with Crippen LogP contribution in [0, 0.1) is 0 Å². The van der Waals surface area contributed by atoms with Gasteiger partial charge in [-0.1, -0.05) is 99.2 Å². The Bertz CT molecular complexity index is 908. The number of hydrogen-bond acceptors (Lipinski definition) is 0. The van der Waals surface area contributed by atoms with Crippen LogP contribution in [0.1, 0.15) is 62.5 Å². The summed E-state index contributed by atoms with van der Waals surface area (Å²) in [4.78, 5) is 0. The van der Waals surface area contributed by atoms with E-state index in [0.29, 0.717) is 0 Å². The summed E-state index contributed by atoms with van der Waals surface area (Å²) < 4.78 is 0. The summed E-state index contributed by atoms with van der Waals surface area (Å²) in [6, 6.07) is 23.0. The summed E-state index contributed by atoms with van der Waals surface area (Å²) >= 11 is 0. The highest BCUT2D eigenvalue weighted by Gasteiger charge is 2.43. The van der Waals surface area contributed by atoms with E-state index in [0.717, 1.165) is 0 Å². The summed E-state index contributed by atoms with van der Waals surface area (Å²) in [6.45, 7) is 0. The third-order valence-corrected chi connectivity index (χ3v) is 6.60. The van der Waals surface area contributed by atoms with E-state index in [-0.39, 0.29) is 5.41 Å². The van der Waals surface area contributed by atoms with Gasteiger partial charge in [0.05, 0.1) is 0 Å². The Labute approximate surface area is 150 Å². The summed E-state index contributed by atoms with van der Waals surface area (Å²) in [7, 11) is 0. The maximum absolute atomic E-state index is 2.42. The molecular formula is C25H26. The SMILES string of the molecule is c1ccc2c(c1)-c1ccc3ccccc3c1C21CCCCCCCC1. The molecule has 0 nitrogen and oxygen atoms in total. The minimum Gasteiger partial charge on any atom is -0.0619 e. The van der Waals surface area contributed by atoms with Crippen LogP contribution in [0.2, 0.25) is 0 Å². The first-order chi connectivity index (χ1) is 12.4. The molecule has 0 saturated heterocycles. The van der Waals surface area contributed by atoms with Crippen molar-refractivity contribution in [1.29, 1.82) is 0 Å². The molecule has 126 valence electrons. The van der Waals surface area contributed by atoms with Gasteiger partial charge in [0.1, 0.15) is 0 Å². The van der Waals surface area contributed by atoms with Gasteiger partial charge in [0, 0.05) is 5.41 Å². The molecule has 2 aliphatic rings. The third kappa shape index (κ3) is 2.27. The van der Waals surface area contributed by atoms with Gasteiger partial charge in [0.15, 0.2) is 0 Å². The lowest BCUT2D eigenvalue weighted by atomic mass is 9.70. The molecule has 3 aromatic carbocycles. The van der Waals surface area contributed by atoms with E-state index in [1.54, 1.807) is 11.1 Å². The molecule has 25 heavy (non-hydrogen) atoms. The molecule has 0 bridgehead atoms. The van der Waals surface area contributed by atoms with Crippen molar-refractivity contribution in [3.05, 3.63) is 71.8 Å². The van der Waals surface area contributed by atoms with Crippen molar-refractivity contribution >= 4 is 10.8 Å². The van der Waals surface area contributed by atoms with Gasteiger partial charge in [-0.15, -0.1) is 0 Å². The molecule has 0 amide bonds. The average Bonchev–Trinajstić information content (AvgIpc) is 3.01. The first kappa shape index (κ1) is 15.2. The van der Waals surface area contributed by atoms with Gasteiger partial charge in [0.2, 0.25) is 0 Å². The smallest absolute Gasteiger partial charge is 0.0221 e. The van der Waals surface area contributed by atoms with Gasteiger partial charge < -0.3 is 0 Å². The maximum atomic E-state index is 2.42. The molecule has 1 fully saturated rings. The lowest BCUT2D eigenvalue weighted by molar-refractivity contribution is 0.425. The van der Waals surface area contributed by atoms with E-state index >= 15 is 0 Å². The molecule has 0 aliphatic heterocycles. The number of fused-ring (bicyclic) bond motifs is 7. The molecule has 0 heteroatoms. The van der Waals surface area contributed by atoms with E-state index in [2.05, 4.69) is 60.7 Å². The van der Waals surface area contributed by atoms with E-state index in [9.17, 15) is 0 Å². The second-order valence-electron chi connectivity index (χ2n) is 7.96. The van der Waals surface area contributed by atoms with Gasteiger partial charge in [-0.25, -0.2) is 0 Å². The molecule has 2 aliphatic carbocycles. The fourth-order valence-corrected chi connectivity index (χ4v) is 5.49. The predicted octanol–water partition coefficient (Wildman–Crippen LogP) is 7.24. The van der Waals surface area contributed by atoms with Crippen molar-refractivity contribution in [3.8, 4) is 11.1 Å². The first-order valence-electron chi connectivity index (χ1n) is 10.0. The highest BCUT2D eigenvalue weighted by atomic mass is 14.5. The van der Waals surface area contributed by atoms with Crippen molar-refractivity contribution in [2.24, 2.45) is 0 Å². The quantitative estimate of drug-likeness (QED) is 0.408. The van der Waals surface area contributed by atoms with E-state index in [4.69, 9.17) is 0 Å². The van der Waals surface area contributed by atoms with E-state index < -0.39 is 0 Å². The monoisotopic (exact) mass is 326 g/mol. The Morgan fingerprint density at radius 3 is 2.08 bits per heavy atom. The Morgan fingerprint density at radius 1 is 0.560 bits per heavy atom. The van der Waals surface area contributed by atoms with Gasteiger partial charge in [-0.2, -0.15) is 0 Å². The lowest BCUT2D eigenvalue weighted by Crippen LogP contribution is -2.25. The molecule has 0 radical (unpaired) electrons. The molecular weight excluding hydrogens is 300 g/mol. The fraction of sp³-hybridized carbons (Fsp3) is 0.360. The Kier molecular flexibility index (Phi) is 3.66. The Hall–Kier alpha value is -2.08. The Balaban J connectivity index is 1.82. The van der Waals surface area contributed by atoms with Crippen LogP contribution in [-0.2, 0) is 5.41 Å². The van der Waals surface area contributed by atoms with Gasteiger partial charge in [0.25, 0.3) is 0 Å². The zero-order chi connectivity index (χ0) is 16.7. The summed E-state index contributed by atoms with van der Waals surface area (Å²) in [5, 5.41) is 2.88. The number of benzene rings is 3. The second kappa shape index (κ2) is 6.02. The summed E-state index contributed by atoms with van der Waals surface area (Å²) in [5.74, 6) is 0. The predicted molar refractivity (Wildman–Crippen MR) is 107 cm³/mol. The lowest BCUT2D eigenvalue weighted by Gasteiger charge is -2.33. The number of rotatable bonds is 0. The molecule has 0 N–H and O–H groups in total. The summed E-state index contributed by atoms with van der Waals surface area (Å²) in [5.41, 5.74) is 6.45. The van der Waals surface area contributed by atoms with E-state index in [1.807, 2.05) is 0 Å². The summed E-state index contributed by atoms with van der Waals surface area (Å²) in [6.07, 6.45) is 11.0. The zero-order valence-corrected chi connectivity index (χ0v) is 14.9. The molecule has 0 atom stereocenters. The molecule has 0 heterocycles. The normalized spacial score (nSPS) is 19.0. The average molecular weight is 326 g/mol. The largest absolute Gasteiger partial charge is 0.0619 e. The number of hydrogen-bond donors (Lipinski definition) is 0. The van der Waals surface area contributed by atoms with Crippen molar-refractivity contribution in [2.75, 3.05) is 0 Å². The third-order valence-electron chi connectivity index (χ3n) is 6.60. The van der Waals surface area contributed by atoms with Crippen LogP contribution in [0.4, 0.5) is 0 Å². The molecule has 1 saturated carbocycles. The zero-order valence-electron chi connectivity index (χ0n) is 14.9. The van der Waals surface area contributed by atoms with Crippen LogP contribution in [0.3, 0.4) is 0 Å². The Morgan fingerprint density at radius 2 is 1.24 bits per heavy atom. The molecule has 0 unspecified atom stereocenters. The van der Waals surface area contributed by atoms with Crippen LogP contribution in [0.5, 0.6) is 0 Å². The van der Waals surface area contributed by atoms with E-state index in [1.165, 1.54) is 73.3 Å². The molecule has 3 aromatic rings. The van der Waals surface area contributed by atoms with Crippen molar-refractivity contribution in [1.82, 2.24) is 0 Å². The van der Waals surface area contributed by atoms with Crippen molar-refractivity contribution < 1.29 is 0 Å². The second-order valence-corrected chi connectivity index (χ2v) is 7.96. The highest BCUT2D eigenvalue weighted by molar-refractivity contribution is 5.97. The van der Waals surface area contributed by atoms with Crippen molar-refractivity contribution in [3.63, 3.8) is 0 Å². The van der Waals surface area contributed by atoms with Gasteiger partial charge in [-0.05, 0) is 45.9 Å². The van der Waals surface area contributed by atoms with Crippen LogP contribution in [0.15, 0.2) is 60.7 Å². The van der Waals surface area contributed by atoms with Crippen LogP contribution < -0.4 is 0 Å². The molecule has 1 spiro atoms. The van der Waals surface area contributed by atoms with Crippen molar-refractivity contribution in [2.45, 2.75) is 56.8 Å². The van der Waals surface area contributed by atoms with Crippen LogP contribution in [-0.4, -0.2) is 0 Å². The van der Waals surface area contributed by atoms with Gasteiger partial charge >= 0.3 is 0 Å². The standard InChI is InChI=1S/C25H26/c1-2-4-10-18-25(17-9-3-1)23-14-8-7-13-21(23)22-16-15-19-11-5-6-12-20(19)24(22)25/h5-8,11-16H,1-4,9-10,17-18H2. The highest BCUT2D eigenvalue weighted by Crippen LogP contribution is 2.56. The minimum absolute atomic E-state index is 0.233. The van der Waals surface area contributed by atoms with Gasteiger partial charge in [-0.3, -0.25) is 0 Å². The molecule has 5 rings (SSSR count). The first-order valence-corrected chi connectivity index (χ1v) is 10.0. The molecule has 0 aromatic heterocycles. The fourth-order valence-electron chi connectivity index (χ4n) is 5.49. The van der Waals surface area contributed by atoms with Crippen LogP contribution >= 0.6 is 0 Å². The minimum atomic E-state index is 0.233. The maximum Gasteiger partial charge on any atom is 0.0221 e. The van der Waals surface area contributed by atoms with Crippen LogP contribution in [0.25, 0.3) is 21.9 Å².